The Labute approximate surface area is 154 Å². The van der Waals surface area contributed by atoms with Crippen molar-refractivity contribution in [3.63, 3.8) is 0 Å². The summed E-state index contributed by atoms with van der Waals surface area (Å²) < 4.78 is 5.66. The number of aliphatic imine (C=N–C) groups is 1. The largest absolute Gasteiger partial charge is 0.508 e. The number of benzene rings is 1. The number of carbonyl (C=O) groups excluding carboxylic acids is 1. The average molecular weight is 357 g/mol. The molecule has 0 bridgehead atoms. The summed E-state index contributed by atoms with van der Waals surface area (Å²) in [6, 6.07) is 6.18. The van der Waals surface area contributed by atoms with Crippen LogP contribution in [-0.4, -0.2) is 23.6 Å². The highest BCUT2D eigenvalue weighted by atomic mass is 16.5. The molecule has 1 aromatic carbocycles. The van der Waals surface area contributed by atoms with Crippen LogP contribution in [0.15, 0.2) is 40.5 Å². The first-order valence-electron chi connectivity index (χ1n) is 9.38. The molecular formula is C20H27N3O3. The molecule has 140 valence electrons. The van der Waals surface area contributed by atoms with Crippen molar-refractivity contribution in [1.29, 1.82) is 0 Å². The van der Waals surface area contributed by atoms with E-state index >= 15 is 0 Å². The maximum absolute atomic E-state index is 12.9. The number of phenolic OH excluding ortho intramolecular Hbond substituents is 1. The number of phenols is 1. The van der Waals surface area contributed by atoms with Gasteiger partial charge in [-0.05, 0) is 42.9 Å². The number of carbonyl (C=O) groups is 1. The highest BCUT2D eigenvalue weighted by Crippen LogP contribution is 2.34. The van der Waals surface area contributed by atoms with Crippen LogP contribution < -0.4 is 11.1 Å². The summed E-state index contributed by atoms with van der Waals surface area (Å²) in [5.41, 5.74) is 7.82. The minimum Gasteiger partial charge on any atom is -0.508 e. The number of esters is 1. The molecule has 0 saturated heterocycles. The maximum Gasteiger partial charge on any atom is 0.338 e. The van der Waals surface area contributed by atoms with Crippen LogP contribution in [0.3, 0.4) is 0 Å². The SMILES string of the molecule is CCC1=C(C(=O)OCC2CCCCC2)C(c2cccc(O)c2)N=C(N)N1. The van der Waals surface area contributed by atoms with Crippen LogP contribution >= 0.6 is 0 Å². The lowest BCUT2D eigenvalue weighted by molar-refractivity contribution is -0.141. The predicted octanol–water partition coefficient (Wildman–Crippen LogP) is 3.14. The van der Waals surface area contributed by atoms with Gasteiger partial charge < -0.3 is 20.9 Å². The van der Waals surface area contributed by atoms with E-state index in [-0.39, 0.29) is 17.7 Å². The van der Waals surface area contributed by atoms with Crippen molar-refractivity contribution >= 4 is 11.9 Å². The summed E-state index contributed by atoms with van der Waals surface area (Å²) >= 11 is 0. The Balaban J connectivity index is 1.82. The van der Waals surface area contributed by atoms with Crippen molar-refractivity contribution in [3.8, 4) is 5.75 Å². The summed E-state index contributed by atoms with van der Waals surface area (Å²) in [6.07, 6.45) is 6.53. The van der Waals surface area contributed by atoms with E-state index in [4.69, 9.17) is 10.5 Å². The number of aromatic hydroxyl groups is 1. The van der Waals surface area contributed by atoms with Crippen molar-refractivity contribution < 1.29 is 14.6 Å². The first-order chi connectivity index (χ1) is 12.6. The molecule has 6 heteroatoms. The zero-order chi connectivity index (χ0) is 18.5. The molecule has 1 aromatic rings. The molecule has 1 heterocycles. The van der Waals surface area contributed by atoms with Gasteiger partial charge in [0.15, 0.2) is 5.96 Å². The van der Waals surface area contributed by atoms with Gasteiger partial charge in [-0.25, -0.2) is 9.79 Å². The van der Waals surface area contributed by atoms with Gasteiger partial charge in [-0.15, -0.1) is 0 Å². The molecule has 0 aromatic heterocycles. The molecule has 1 aliphatic heterocycles. The van der Waals surface area contributed by atoms with E-state index in [0.29, 0.717) is 30.1 Å². The van der Waals surface area contributed by atoms with Gasteiger partial charge in [0.2, 0.25) is 0 Å². The molecule has 4 N–H and O–H groups in total. The van der Waals surface area contributed by atoms with E-state index in [1.807, 2.05) is 13.0 Å². The second-order valence-corrected chi connectivity index (χ2v) is 6.99. The third-order valence-electron chi connectivity index (χ3n) is 5.08. The number of guanidine groups is 1. The van der Waals surface area contributed by atoms with Crippen LogP contribution in [0.5, 0.6) is 5.75 Å². The first-order valence-corrected chi connectivity index (χ1v) is 9.38. The van der Waals surface area contributed by atoms with Gasteiger partial charge in [0.25, 0.3) is 0 Å². The topological polar surface area (TPSA) is 96.9 Å². The summed E-state index contributed by atoms with van der Waals surface area (Å²) in [4.78, 5) is 17.3. The van der Waals surface area contributed by atoms with Gasteiger partial charge in [-0.1, -0.05) is 38.3 Å². The summed E-state index contributed by atoms with van der Waals surface area (Å²) in [7, 11) is 0. The molecule has 26 heavy (non-hydrogen) atoms. The highest BCUT2D eigenvalue weighted by Gasteiger charge is 2.31. The van der Waals surface area contributed by atoms with Gasteiger partial charge in [-0.2, -0.15) is 0 Å². The van der Waals surface area contributed by atoms with E-state index in [1.54, 1.807) is 18.2 Å². The van der Waals surface area contributed by atoms with Gasteiger partial charge in [0.05, 0.1) is 12.2 Å². The van der Waals surface area contributed by atoms with Crippen LogP contribution in [0.2, 0.25) is 0 Å². The zero-order valence-corrected chi connectivity index (χ0v) is 15.2. The molecule has 1 atom stereocenters. The Hall–Kier alpha value is -2.50. The molecule has 0 spiro atoms. The third kappa shape index (κ3) is 4.18. The molecule has 0 amide bonds. The third-order valence-corrected chi connectivity index (χ3v) is 5.08. The normalized spacial score (nSPS) is 21.1. The quantitative estimate of drug-likeness (QED) is 0.704. The van der Waals surface area contributed by atoms with E-state index < -0.39 is 6.04 Å². The molecule has 0 radical (unpaired) electrons. The number of nitrogens with zero attached hydrogens (tertiary/aromatic N) is 1. The van der Waals surface area contributed by atoms with Crippen molar-refractivity contribution in [3.05, 3.63) is 41.1 Å². The van der Waals surface area contributed by atoms with E-state index in [1.165, 1.54) is 19.3 Å². The van der Waals surface area contributed by atoms with Crippen LogP contribution in [0.25, 0.3) is 0 Å². The lowest BCUT2D eigenvalue weighted by Gasteiger charge is -2.27. The van der Waals surface area contributed by atoms with Gasteiger partial charge in [0.1, 0.15) is 11.8 Å². The summed E-state index contributed by atoms with van der Waals surface area (Å²) in [5.74, 6) is 0.481. The standard InChI is InChI=1S/C20H27N3O3/c1-2-16-17(19(25)26-12-13-7-4-3-5-8-13)18(23-20(21)22-16)14-9-6-10-15(24)11-14/h6,9-11,13,18,24H,2-5,7-8,12H2,1H3,(H3,21,22,23). The highest BCUT2D eigenvalue weighted by molar-refractivity contribution is 5.95. The van der Waals surface area contributed by atoms with Crippen molar-refractivity contribution in [1.82, 2.24) is 5.32 Å². The Morgan fingerprint density at radius 3 is 2.81 bits per heavy atom. The minimum atomic E-state index is -0.572. The molecule has 1 unspecified atom stereocenters. The molecule has 1 fully saturated rings. The number of hydrogen-bond acceptors (Lipinski definition) is 6. The number of allylic oxidation sites excluding steroid dienone is 1. The number of rotatable bonds is 5. The lowest BCUT2D eigenvalue weighted by Crippen LogP contribution is -2.38. The molecule has 6 nitrogen and oxygen atoms in total. The maximum atomic E-state index is 12.9. The summed E-state index contributed by atoms with van der Waals surface area (Å²) in [6.45, 7) is 2.40. The fourth-order valence-corrected chi connectivity index (χ4v) is 3.70. The molecular weight excluding hydrogens is 330 g/mol. The average Bonchev–Trinajstić information content (AvgIpc) is 2.66. The number of nitrogens with two attached hydrogens (primary N) is 1. The molecule has 3 rings (SSSR count). The van der Waals surface area contributed by atoms with Crippen LogP contribution in [0, 0.1) is 5.92 Å². The number of hydrogen-bond donors (Lipinski definition) is 3. The molecule has 1 aliphatic carbocycles. The second-order valence-electron chi connectivity index (χ2n) is 6.99. The van der Waals surface area contributed by atoms with Crippen LogP contribution in [0.4, 0.5) is 0 Å². The van der Waals surface area contributed by atoms with Gasteiger partial charge in [0, 0.05) is 5.70 Å². The molecule has 1 saturated carbocycles. The Morgan fingerprint density at radius 2 is 2.12 bits per heavy atom. The van der Waals surface area contributed by atoms with E-state index in [9.17, 15) is 9.90 Å². The smallest absolute Gasteiger partial charge is 0.338 e. The predicted molar refractivity (Wildman–Crippen MR) is 100 cm³/mol. The van der Waals surface area contributed by atoms with Gasteiger partial charge in [-0.3, -0.25) is 0 Å². The van der Waals surface area contributed by atoms with Crippen LogP contribution in [0.1, 0.15) is 57.1 Å². The monoisotopic (exact) mass is 357 g/mol. The van der Waals surface area contributed by atoms with Gasteiger partial charge >= 0.3 is 5.97 Å². The minimum absolute atomic E-state index is 0.128. The van der Waals surface area contributed by atoms with Crippen molar-refractivity contribution in [2.75, 3.05) is 6.61 Å². The second kappa shape index (κ2) is 8.25. The first kappa shape index (κ1) is 18.3. The fraction of sp³-hybridized carbons (Fsp3) is 0.500. The Morgan fingerprint density at radius 1 is 1.35 bits per heavy atom. The Kier molecular flexibility index (Phi) is 5.81. The molecule has 2 aliphatic rings. The van der Waals surface area contributed by atoms with Crippen molar-refractivity contribution in [2.45, 2.75) is 51.5 Å². The fourth-order valence-electron chi connectivity index (χ4n) is 3.70. The van der Waals surface area contributed by atoms with E-state index in [0.717, 1.165) is 18.5 Å². The number of ether oxygens (including phenoxy) is 1. The number of nitrogens with one attached hydrogen (secondary N) is 1. The van der Waals surface area contributed by atoms with Crippen LogP contribution in [-0.2, 0) is 9.53 Å². The summed E-state index contributed by atoms with van der Waals surface area (Å²) in [5, 5.41) is 12.8. The van der Waals surface area contributed by atoms with E-state index in [2.05, 4.69) is 10.3 Å². The lowest BCUT2D eigenvalue weighted by atomic mass is 9.90. The Bertz CT molecular complexity index is 721. The zero-order valence-electron chi connectivity index (χ0n) is 15.2. The van der Waals surface area contributed by atoms with Crippen molar-refractivity contribution in [2.24, 2.45) is 16.6 Å².